The van der Waals surface area contributed by atoms with Gasteiger partial charge in [0.1, 0.15) is 0 Å². The van der Waals surface area contributed by atoms with E-state index in [1.165, 1.54) is 0 Å². The molecular formula is C19H23N5O2S. The second-order valence-electron chi connectivity index (χ2n) is 5.78. The molecule has 27 heavy (non-hydrogen) atoms. The Balaban J connectivity index is 1.41. The number of nitrogens with zero attached hydrogens (tertiary/aromatic N) is 4. The minimum Gasteiger partial charge on any atom is -0.493 e. The fourth-order valence-corrected chi connectivity index (χ4v) is 3.41. The molecule has 3 rings (SSSR count). The van der Waals surface area contributed by atoms with Gasteiger partial charge in [-0.25, -0.2) is 0 Å². The van der Waals surface area contributed by atoms with E-state index in [0.717, 1.165) is 53.2 Å². The van der Waals surface area contributed by atoms with Crippen LogP contribution in [0.25, 0.3) is 5.69 Å². The van der Waals surface area contributed by atoms with Crippen LogP contribution < -0.4 is 14.8 Å². The SMILES string of the molecule is COc1ccc(CNCCCSc2nnnn2-c2ccccc2)cc1OC. The van der Waals surface area contributed by atoms with Crippen molar-refractivity contribution in [3.8, 4) is 17.2 Å². The molecule has 7 nitrogen and oxygen atoms in total. The second kappa shape index (κ2) is 9.94. The number of benzene rings is 2. The van der Waals surface area contributed by atoms with Gasteiger partial charge < -0.3 is 14.8 Å². The van der Waals surface area contributed by atoms with E-state index in [-0.39, 0.29) is 0 Å². The van der Waals surface area contributed by atoms with Gasteiger partial charge in [0.05, 0.1) is 19.9 Å². The highest BCUT2D eigenvalue weighted by Crippen LogP contribution is 2.27. The van der Waals surface area contributed by atoms with Crippen molar-refractivity contribution in [1.82, 2.24) is 25.5 Å². The van der Waals surface area contributed by atoms with Crippen molar-refractivity contribution in [2.75, 3.05) is 26.5 Å². The molecule has 0 atom stereocenters. The summed E-state index contributed by atoms with van der Waals surface area (Å²) < 4.78 is 12.4. The molecule has 3 aromatic rings. The number of thioether (sulfide) groups is 1. The van der Waals surface area contributed by atoms with Crippen molar-refractivity contribution in [3.05, 3.63) is 54.1 Å². The minimum atomic E-state index is 0.744. The van der Waals surface area contributed by atoms with Gasteiger partial charge in [-0.05, 0) is 53.2 Å². The lowest BCUT2D eigenvalue weighted by molar-refractivity contribution is 0.354. The monoisotopic (exact) mass is 385 g/mol. The first-order valence-corrected chi connectivity index (χ1v) is 9.68. The van der Waals surface area contributed by atoms with Gasteiger partial charge >= 0.3 is 0 Å². The van der Waals surface area contributed by atoms with Crippen LogP contribution in [0.3, 0.4) is 0 Å². The molecule has 1 N–H and O–H groups in total. The summed E-state index contributed by atoms with van der Waals surface area (Å²) in [6.07, 6.45) is 1.01. The second-order valence-corrected chi connectivity index (χ2v) is 6.84. The van der Waals surface area contributed by atoms with Gasteiger partial charge in [-0.15, -0.1) is 5.10 Å². The zero-order valence-corrected chi connectivity index (χ0v) is 16.3. The molecule has 0 spiro atoms. The van der Waals surface area contributed by atoms with Crippen molar-refractivity contribution in [1.29, 1.82) is 0 Å². The summed E-state index contributed by atoms with van der Waals surface area (Å²) in [4.78, 5) is 0. The first kappa shape index (κ1) is 19.2. The summed E-state index contributed by atoms with van der Waals surface area (Å²) in [7, 11) is 3.29. The van der Waals surface area contributed by atoms with Gasteiger partial charge in [0.2, 0.25) is 5.16 Å². The summed E-state index contributed by atoms with van der Waals surface area (Å²) in [5, 5.41) is 16.2. The van der Waals surface area contributed by atoms with E-state index >= 15 is 0 Å². The zero-order valence-electron chi connectivity index (χ0n) is 15.5. The van der Waals surface area contributed by atoms with Crippen LogP contribution in [0.2, 0.25) is 0 Å². The largest absolute Gasteiger partial charge is 0.493 e. The number of rotatable bonds is 10. The van der Waals surface area contributed by atoms with Crippen LogP contribution in [0.1, 0.15) is 12.0 Å². The van der Waals surface area contributed by atoms with Crippen LogP contribution in [0, 0.1) is 0 Å². The lowest BCUT2D eigenvalue weighted by Gasteiger charge is -2.10. The summed E-state index contributed by atoms with van der Waals surface area (Å²) in [5.41, 5.74) is 2.13. The molecule has 8 heteroatoms. The van der Waals surface area contributed by atoms with E-state index in [1.54, 1.807) is 30.7 Å². The highest BCUT2D eigenvalue weighted by Gasteiger charge is 2.08. The molecule has 142 valence electrons. The number of para-hydroxylation sites is 1. The molecule has 0 unspecified atom stereocenters. The predicted molar refractivity (Wildman–Crippen MR) is 106 cm³/mol. The predicted octanol–water partition coefficient (Wildman–Crippen LogP) is 2.95. The Hall–Kier alpha value is -2.58. The molecular weight excluding hydrogens is 362 g/mol. The summed E-state index contributed by atoms with van der Waals surface area (Å²) >= 11 is 1.66. The smallest absolute Gasteiger partial charge is 0.214 e. The molecule has 0 radical (unpaired) electrons. The molecule has 0 aliphatic carbocycles. The molecule has 1 heterocycles. The zero-order chi connectivity index (χ0) is 18.9. The highest BCUT2D eigenvalue weighted by atomic mass is 32.2. The van der Waals surface area contributed by atoms with Crippen molar-refractivity contribution in [2.24, 2.45) is 0 Å². The normalized spacial score (nSPS) is 10.7. The molecule has 0 bridgehead atoms. The Kier molecular flexibility index (Phi) is 7.06. The highest BCUT2D eigenvalue weighted by molar-refractivity contribution is 7.99. The van der Waals surface area contributed by atoms with E-state index in [0.29, 0.717) is 0 Å². The van der Waals surface area contributed by atoms with Crippen molar-refractivity contribution in [3.63, 3.8) is 0 Å². The van der Waals surface area contributed by atoms with E-state index in [2.05, 4.69) is 20.8 Å². The molecule has 1 aromatic heterocycles. The number of aromatic nitrogens is 4. The molecule has 0 saturated heterocycles. The van der Waals surface area contributed by atoms with E-state index in [4.69, 9.17) is 9.47 Å². The number of ether oxygens (including phenoxy) is 2. The average Bonchev–Trinajstić information content (AvgIpc) is 3.19. The topological polar surface area (TPSA) is 74.1 Å². The number of tetrazole rings is 1. The van der Waals surface area contributed by atoms with E-state index < -0.39 is 0 Å². The Morgan fingerprint density at radius 3 is 2.63 bits per heavy atom. The third-order valence-electron chi connectivity index (χ3n) is 3.95. The van der Waals surface area contributed by atoms with Gasteiger partial charge in [-0.1, -0.05) is 36.0 Å². The molecule has 0 aliphatic rings. The van der Waals surface area contributed by atoms with Crippen LogP contribution in [0.4, 0.5) is 0 Å². The number of hydrogen-bond acceptors (Lipinski definition) is 7. The van der Waals surface area contributed by atoms with Crippen LogP contribution in [0.15, 0.2) is 53.7 Å². The van der Waals surface area contributed by atoms with Crippen LogP contribution >= 0.6 is 11.8 Å². The Bertz CT molecular complexity index is 841. The average molecular weight is 385 g/mol. The maximum atomic E-state index is 5.33. The first-order chi connectivity index (χ1) is 13.3. The summed E-state index contributed by atoms with van der Waals surface area (Å²) in [6, 6.07) is 15.9. The van der Waals surface area contributed by atoms with Gasteiger partial charge in [-0.3, -0.25) is 0 Å². The van der Waals surface area contributed by atoms with Crippen LogP contribution in [-0.2, 0) is 6.54 Å². The van der Waals surface area contributed by atoms with Gasteiger partial charge in [0.15, 0.2) is 11.5 Å². The number of methoxy groups -OCH3 is 2. The Labute approximate surface area is 163 Å². The maximum absolute atomic E-state index is 5.33. The fraction of sp³-hybridized carbons (Fsp3) is 0.316. The number of nitrogens with one attached hydrogen (secondary N) is 1. The van der Waals surface area contributed by atoms with Crippen molar-refractivity contribution in [2.45, 2.75) is 18.1 Å². The van der Waals surface area contributed by atoms with Gasteiger partial charge in [0.25, 0.3) is 0 Å². The van der Waals surface area contributed by atoms with Gasteiger partial charge in [-0.2, -0.15) is 4.68 Å². The third kappa shape index (κ3) is 5.21. The summed E-state index contributed by atoms with van der Waals surface area (Å²) in [5.74, 6) is 2.43. The Morgan fingerprint density at radius 1 is 1.04 bits per heavy atom. The maximum Gasteiger partial charge on any atom is 0.214 e. The minimum absolute atomic E-state index is 0.744. The lowest BCUT2D eigenvalue weighted by Crippen LogP contribution is -2.15. The van der Waals surface area contributed by atoms with E-state index in [9.17, 15) is 0 Å². The number of hydrogen-bond donors (Lipinski definition) is 1. The third-order valence-corrected chi connectivity index (χ3v) is 4.95. The lowest BCUT2D eigenvalue weighted by atomic mass is 10.2. The van der Waals surface area contributed by atoms with Crippen molar-refractivity contribution >= 4 is 11.8 Å². The molecule has 0 aliphatic heterocycles. The molecule has 2 aromatic carbocycles. The standard InChI is InChI=1S/C19H23N5O2S/c1-25-17-10-9-15(13-18(17)26-2)14-20-11-6-12-27-19-21-22-23-24(19)16-7-4-3-5-8-16/h3-5,7-10,13,20H,6,11-12,14H2,1-2H3. The molecule has 0 saturated carbocycles. The molecule has 0 amide bonds. The van der Waals surface area contributed by atoms with Crippen LogP contribution in [0.5, 0.6) is 11.5 Å². The summed E-state index contributed by atoms with van der Waals surface area (Å²) in [6.45, 7) is 1.70. The fourth-order valence-electron chi connectivity index (χ4n) is 2.58. The first-order valence-electron chi connectivity index (χ1n) is 8.70. The van der Waals surface area contributed by atoms with Crippen LogP contribution in [-0.4, -0.2) is 46.7 Å². The van der Waals surface area contributed by atoms with E-state index in [1.807, 2.05) is 48.5 Å². The van der Waals surface area contributed by atoms with Gasteiger partial charge in [0, 0.05) is 12.3 Å². The Morgan fingerprint density at radius 2 is 1.85 bits per heavy atom. The molecule has 0 fully saturated rings. The quantitative estimate of drug-likeness (QED) is 0.425. The van der Waals surface area contributed by atoms with Crippen molar-refractivity contribution < 1.29 is 9.47 Å².